The molecule has 0 spiro atoms. The minimum absolute atomic E-state index is 0.0752. The maximum Gasteiger partial charge on any atom is 0.356 e. The topological polar surface area (TPSA) is 84.0 Å². The molecule has 280 valence electrons. The normalized spacial score (nSPS) is 29.1. The molecule has 6 aliphatic heterocycles. The highest BCUT2D eigenvalue weighted by molar-refractivity contribution is 5.92. The Hall–Kier alpha value is -3.76. The molecular formula is C42H56N4O6. The lowest BCUT2D eigenvalue weighted by atomic mass is 9.86. The van der Waals surface area contributed by atoms with Crippen molar-refractivity contribution in [3.8, 4) is 11.5 Å². The van der Waals surface area contributed by atoms with Crippen LogP contribution in [0.3, 0.4) is 0 Å². The van der Waals surface area contributed by atoms with Crippen molar-refractivity contribution in [3.05, 3.63) is 60.7 Å². The number of ether oxygens (including phenoxy) is 2. The van der Waals surface area contributed by atoms with Crippen LogP contribution in [0.25, 0.3) is 0 Å². The quantitative estimate of drug-likeness (QED) is 0.168. The van der Waals surface area contributed by atoms with Gasteiger partial charge in [-0.3, -0.25) is 9.80 Å². The van der Waals surface area contributed by atoms with Crippen LogP contribution in [0.1, 0.15) is 89.9 Å². The summed E-state index contributed by atoms with van der Waals surface area (Å²) < 4.78 is 12.9. The zero-order chi connectivity index (χ0) is 35.3. The van der Waals surface area contributed by atoms with Gasteiger partial charge >= 0.3 is 11.9 Å². The van der Waals surface area contributed by atoms with Gasteiger partial charge in [0.2, 0.25) is 0 Å². The standard InChI is InChI=1S/C42H56N4O6/c47-41(51-45(33-7-3-1-4-8-33)35-11-15-37(16-12-35)49-39-29-43-25-21-31(39)22-26-43)19-20-42(48)52-46(34-9-5-2-6-10-34)36-13-17-38(18-14-36)50-40-30-44-27-23-32(40)24-28-44/h11-20,31-34,39-40H,1-10,21-30H2/b20-19+. The van der Waals surface area contributed by atoms with E-state index in [-0.39, 0.29) is 24.3 Å². The molecule has 2 aliphatic carbocycles. The Morgan fingerprint density at radius 1 is 0.519 bits per heavy atom. The predicted octanol–water partition coefficient (Wildman–Crippen LogP) is 7.08. The van der Waals surface area contributed by atoms with Gasteiger partial charge in [0.1, 0.15) is 23.7 Å². The van der Waals surface area contributed by atoms with Crippen molar-refractivity contribution in [2.45, 2.75) is 114 Å². The molecule has 8 aliphatic rings. The van der Waals surface area contributed by atoms with E-state index in [1.807, 2.05) is 48.5 Å². The first-order chi connectivity index (χ1) is 25.5. The number of hydroxylamine groups is 2. The predicted molar refractivity (Wildman–Crippen MR) is 200 cm³/mol. The molecule has 0 aromatic heterocycles. The molecule has 52 heavy (non-hydrogen) atoms. The summed E-state index contributed by atoms with van der Waals surface area (Å²) in [4.78, 5) is 43.5. The molecule has 0 radical (unpaired) electrons. The van der Waals surface area contributed by atoms with Crippen LogP contribution >= 0.6 is 0 Å². The number of hydrogen-bond donors (Lipinski definition) is 0. The molecule has 10 rings (SSSR count). The molecule has 10 heteroatoms. The van der Waals surface area contributed by atoms with Crippen LogP contribution in [0.2, 0.25) is 0 Å². The highest BCUT2D eigenvalue weighted by Gasteiger charge is 2.37. The number of carbonyl (C=O) groups is 2. The average molecular weight is 713 g/mol. The summed E-state index contributed by atoms with van der Waals surface area (Å²) >= 11 is 0. The fourth-order valence-electron chi connectivity index (χ4n) is 9.48. The smallest absolute Gasteiger partial charge is 0.356 e. The van der Waals surface area contributed by atoms with Crippen LogP contribution in [-0.4, -0.2) is 85.3 Å². The molecule has 2 aromatic rings. The first-order valence-electron chi connectivity index (χ1n) is 20.2. The lowest BCUT2D eigenvalue weighted by molar-refractivity contribution is -0.143. The van der Waals surface area contributed by atoms with Crippen LogP contribution in [0, 0.1) is 11.8 Å². The maximum atomic E-state index is 13.3. The Morgan fingerprint density at radius 3 is 1.21 bits per heavy atom. The third-order valence-corrected chi connectivity index (χ3v) is 12.5. The van der Waals surface area contributed by atoms with Crippen molar-refractivity contribution < 1.29 is 28.7 Å². The molecule has 6 saturated heterocycles. The van der Waals surface area contributed by atoms with Gasteiger partial charge in [0, 0.05) is 25.2 Å². The Labute approximate surface area is 308 Å². The van der Waals surface area contributed by atoms with E-state index in [4.69, 9.17) is 19.1 Å². The van der Waals surface area contributed by atoms with Crippen molar-refractivity contribution in [2.24, 2.45) is 11.8 Å². The summed E-state index contributed by atoms with van der Waals surface area (Å²) in [5.74, 6) is 1.73. The van der Waals surface area contributed by atoms with Crippen LogP contribution in [-0.2, 0) is 19.3 Å². The molecule has 2 saturated carbocycles. The fourth-order valence-corrected chi connectivity index (χ4v) is 9.48. The molecule has 6 heterocycles. The number of rotatable bonds is 12. The summed E-state index contributed by atoms with van der Waals surface area (Å²) in [5.41, 5.74) is 1.61. The average Bonchev–Trinajstić information content (AvgIpc) is 3.20. The largest absolute Gasteiger partial charge is 0.489 e. The number of fused-ring (bicyclic) bond motifs is 6. The summed E-state index contributed by atoms with van der Waals surface area (Å²) in [6.07, 6.45) is 18.1. The van der Waals surface area contributed by atoms with E-state index in [0.29, 0.717) is 11.8 Å². The van der Waals surface area contributed by atoms with Gasteiger partial charge in [-0.2, -0.15) is 0 Å². The highest BCUT2D eigenvalue weighted by Crippen LogP contribution is 2.35. The Bertz CT molecular complexity index is 1390. The fraction of sp³-hybridized carbons (Fsp3) is 0.619. The second kappa shape index (κ2) is 16.5. The van der Waals surface area contributed by atoms with E-state index in [1.54, 1.807) is 10.1 Å². The van der Waals surface area contributed by atoms with Gasteiger partial charge in [-0.1, -0.05) is 38.5 Å². The summed E-state index contributed by atoms with van der Waals surface area (Å²) in [6.45, 7) is 6.71. The summed E-state index contributed by atoms with van der Waals surface area (Å²) in [6, 6.07) is 16.0. The first kappa shape index (κ1) is 35.3. The number of hydrogen-bond acceptors (Lipinski definition) is 10. The van der Waals surface area contributed by atoms with Gasteiger partial charge in [-0.15, -0.1) is 0 Å². The molecule has 0 amide bonds. The number of carbonyl (C=O) groups excluding carboxylic acids is 2. The lowest BCUT2D eigenvalue weighted by Crippen LogP contribution is -2.52. The Kier molecular flexibility index (Phi) is 11.2. The van der Waals surface area contributed by atoms with Crippen molar-refractivity contribution in [1.29, 1.82) is 0 Å². The second-order valence-corrected chi connectivity index (χ2v) is 16.0. The Balaban J connectivity index is 0.899. The third kappa shape index (κ3) is 8.54. The van der Waals surface area contributed by atoms with Crippen molar-refractivity contribution in [1.82, 2.24) is 9.80 Å². The molecule has 0 N–H and O–H groups in total. The van der Waals surface area contributed by atoms with Gasteiger partial charge < -0.3 is 19.1 Å². The van der Waals surface area contributed by atoms with Gasteiger partial charge in [-0.25, -0.2) is 19.7 Å². The number of nitrogens with zero attached hydrogens (tertiary/aromatic N) is 4. The Morgan fingerprint density at radius 2 is 0.885 bits per heavy atom. The number of piperidine rings is 6. The minimum Gasteiger partial charge on any atom is -0.489 e. The van der Waals surface area contributed by atoms with Crippen LogP contribution in [0.15, 0.2) is 60.7 Å². The van der Waals surface area contributed by atoms with Gasteiger partial charge in [0.25, 0.3) is 0 Å². The summed E-state index contributed by atoms with van der Waals surface area (Å²) in [7, 11) is 0. The van der Waals surface area contributed by atoms with Crippen LogP contribution < -0.4 is 19.6 Å². The van der Waals surface area contributed by atoms with E-state index < -0.39 is 11.9 Å². The van der Waals surface area contributed by atoms with E-state index in [0.717, 1.165) is 87.3 Å². The van der Waals surface area contributed by atoms with Gasteiger partial charge in [0.15, 0.2) is 0 Å². The molecule has 4 bridgehead atoms. The molecule has 2 unspecified atom stereocenters. The van der Waals surface area contributed by atoms with E-state index in [2.05, 4.69) is 9.80 Å². The maximum absolute atomic E-state index is 13.3. The van der Waals surface area contributed by atoms with Crippen molar-refractivity contribution >= 4 is 23.3 Å². The van der Waals surface area contributed by atoms with Crippen LogP contribution in [0.5, 0.6) is 11.5 Å². The van der Waals surface area contributed by atoms with Gasteiger partial charge in [-0.05, 0) is 138 Å². The second-order valence-electron chi connectivity index (χ2n) is 16.0. The zero-order valence-corrected chi connectivity index (χ0v) is 30.6. The van der Waals surface area contributed by atoms with Crippen molar-refractivity contribution in [3.63, 3.8) is 0 Å². The monoisotopic (exact) mass is 712 g/mol. The molecule has 8 fully saturated rings. The van der Waals surface area contributed by atoms with E-state index in [9.17, 15) is 9.59 Å². The highest BCUT2D eigenvalue weighted by atomic mass is 16.7. The number of anilines is 2. The number of benzene rings is 2. The lowest BCUT2D eigenvalue weighted by Gasteiger charge is -2.44. The van der Waals surface area contributed by atoms with Crippen molar-refractivity contribution in [2.75, 3.05) is 49.4 Å². The minimum atomic E-state index is -0.603. The van der Waals surface area contributed by atoms with Crippen LogP contribution in [0.4, 0.5) is 11.4 Å². The third-order valence-electron chi connectivity index (χ3n) is 12.5. The molecule has 2 aromatic carbocycles. The first-order valence-corrected chi connectivity index (χ1v) is 20.2. The molecule has 2 atom stereocenters. The molecular weight excluding hydrogens is 656 g/mol. The SMILES string of the molecule is O=C(/C=C/C(=O)ON(c1ccc(OC2CN3CCC2CC3)cc1)C1CCCCC1)ON(c1ccc(OC2CN3CCC2CC3)cc1)C1CCCCC1. The van der Waals surface area contributed by atoms with E-state index >= 15 is 0 Å². The molecule has 10 nitrogen and oxygen atoms in total. The van der Waals surface area contributed by atoms with E-state index in [1.165, 1.54) is 76.9 Å². The summed E-state index contributed by atoms with van der Waals surface area (Å²) in [5, 5.41) is 3.48. The van der Waals surface area contributed by atoms with Gasteiger partial charge in [0.05, 0.1) is 23.5 Å². The zero-order valence-electron chi connectivity index (χ0n) is 30.6.